The van der Waals surface area contributed by atoms with E-state index in [-0.39, 0.29) is 5.91 Å². The second-order valence-corrected chi connectivity index (χ2v) is 7.64. The Hall–Kier alpha value is -3.25. The fraction of sp³-hybridized carbons (Fsp3) is 0.320. The number of para-hydroxylation sites is 1. The lowest BCUT2D eigenvalue weighted by Crippen LogP contribution is -2.34. The van der Waals surface area contributed by atoms with Gasteiger partial charge in [0, 0.05) is 32.7 Å². The predicted molar refractivity (Wildman–Crippen MR) is 118 cm³/mol. The van der Waals surface area contributed by atoms with Gasteiger partial charge in [-0.15, -0.1) is 0 Å². The van der Waals surface area contributed by atoms with E-state index in [0.29, 0.717) is 24.7 Å². The molecule has 1 aliphatic heterocycles. The topological polar surface area (TPSA) is 55.2 Å². The molecule has 162 valence electrons. The van der Waals surface area contributed by atoms with E-state index in [4.69, 9.17) is 13.9 Å². The number of carbonyl (C=O) groups is 1. The van der Waals surface area contributed by atoms with E-state index in [1.165, 1.54) is 5.56 Å². The lowest BCUT2D eigenvalue weighted by Gasteiger charge is -2.21. The molecule has 0 saturated carbocycles. The van der Waals surface area contributed by atoms with Gasteiger partial charge in [-0.05, 0) is 48.4 Å². The molecule has 0 aliphatic carbocycles. The van der Waals surface area contributed by atoms with E-state index in [2.05, 4.69) is 17.0 Å². The number of nitrogens with zero attached hydrogens (tertiary/aromatic N) is 2. The smallest absolute Gasteiger partial charge is 0.289 e. The van der Waals surface area contributed by atoms with Gasteiger partial charge in [0.25, 0.3) is 5.91 Å². The standard InChI is InChI=1S/C25H28N2O4/c1-29-21-10-8-20(9-11-21)18-26-14-5-15-27(17-16-26)25(28)24-13-12-23(31-24)19-30-22-6-3-2-4-7-22/h2-4,6-13H,5,14-19H2,1H3. The van der Waals surface area contributed by atoms with E-state index >= 15 is 0 Å². The minimum absolute atomic E-state index is 0.0581. The van der Waals surface area contributed by atoms with Crippen LogP contribution in [0.2, 0.25) is 0 Å². The Morgan fingerprint density at radius 2 is 1.71 bits per heavy atom. The third-order valence-corrected chi connectivity index (χ3v) is 5.44. The van der Waals surface area contributed by atoms with Crippen molar-refractivity contribution in [1.82, 2.24) is 9.80 Å². The number of amides is 1. The molecule has 0 radical (unpaired) electrons. The first-order valence-electron chi connectivity index (χ1n) is 10.6. The van der Waals surface area contributed by atoms with Gasteiger partial charge in [-0.25, -0.2) is 0 Å². The fourth-order valence-electron chi connectivity index (χ4n) is 3.72. The van der Waals surface area contributed by atoms with Crippen LogP contribution in [0, 0.1) is 0 Å². The summed E-state index contributed by atoms with van der Waals surface area (Å²) in [6.07, 6.45) is 0.937. The molecule has 0 atom stereocenters. The maximum Gasteiger partial charge on any atom is 0.289 e. The summed E-state index contributed by atoms with van der Waals surface area (Å²) in [5.74, 6) is 2.59. The maximum atomic E-state index is 12.9. The molecule has 0 N–H and O–H groups in total. The van der Waals surface area contributed by atoms with Gasteiger partial charge in [-0.3, -0.25) is 9.69 Å². The van der Waals surface area contributed by atoms with Crippen molar-refractivity contribution >= 4 is 5.91 Å². The van der Waals surface area contributed by atoms with Gasteiger partial charge in [-0.1, -0.05) is 30.3 Å². The maximum absolute atomic E-state index is 12.9. The number of hydrogen-bond acceptors (Lipinski definition) is 5. The van der Waals surface area contributed by atoms with Crippen LogP contribution in [0.4, 0.5) is 0 Å². The Kier molecular flexibility index (Phi) is 6.89. The Bertz CT molecular complexity index is 969. The Morgan fingerprint density at radius 3 is 2.48 bits per heavy atom. The zero-order valence-electron chi connectivity index (χ0n) is 17.8. The molecule has 1 amide bonds. The molecule has 4 rings (SSSR count). The van der Waals surface area contributed by atoms with Crippen LogP contribution in [-0.2, 0) is 13.2 Å². The summed E-state index contributed by atoms with van der Waals surface area (Å²) in [4.78, 5) is 17.2. The first-order chi connectivity index (χ1) is 15.2. The summed E-state index contributed by atoms with van der Waals surface area (Å²) >= 11 is 0. The minimum atomic E-state index is -0.0581. The molecule has 31 heavy (non-hydrogen) atoms. The summed E-state index contributed by atoms with van der Waals surface area (Å²) in [5.41, 5.74) is 1.25. The molecule has 6 nitrogen and oxygen atoms in total. The van der Waals surface area contributed by atoms with Gasteiger partial charge in [-0.2, -0.15) is 0 Å². The molecule has 2 heterocycles. The number of benzene rings is 2. The van der Waals surface area contributed by atoms with Gasteiger partial charge < -0.3 is 18.8 Å². The molecule has 1 aromatic heterocycles. The molecular weight excluding hydrogens is 392 g/mol. The van der Waals surface area contributed by atoms with Crippen LogP contribution >= 0.6 is 0 Å². The van der Waals surface area contributed by atoms with Gasteiger partial charge in [0.1, 0.15) is 23.9 Å². The first-order valence-corrected chi connectivity index (χ1v) is 10.6. The van der Waals surface area contributed by atoms with Gasteiger partial charge in [0.2, 0.25) is 0 Å². The zero-order valence-corrected chi connectivity index (χ0v) is 17.8. The molecule has 3 aromatic rings. The monoisotopic (exact) mass is 420 g/mol. The van der Waals surface area contributed by atoms with Crippen molar-refractivity contribution in [3.05, 3.63) is 83.8 Å². The van der Waals surface area contributed by atoms with Crippen LogP contribution in [0.15, 0.2) is 71.1 Å². The van der Waals surface area contributed by atoms with Crippen molar-refractivity contribution in [3.63, 3.8) is 0 Å². The number of carbonyl (C=O) groups excluding carboxylic acids is 1. The largest absolute Gasteiger partial charge is 0.497 e. The minimum Gasteiger partial charge on any atom is -0.497 e. The van der Waals surface area contributed by atoms with Gasteiger partial charge in [0.05, 0.1) is 7.11 Å². The highest BCUT2D eigenvalue weighted by molar-refractivity contribution is 5.91. The molecule has 0 bridgehead atoms. The third-order valence-electron chi connectivity index (χ3n) is 5.44. The van der Waals surface area contributed by atoms with Gasteiger partial charge in [0.15, 0.2) is 5.76 Å². The van der Waals surface area contributed by atoms with E-state index in [9.17, 15) is 4.79 Å². The third kappa shape index (κ3) is 5.67. The average Bonchev–Trinajstić information content (AvgIpc) is 3.17. The molecule has 0 spiro atoms. The highest BCUT2D eigenvalue weighted by Crippen LogP contribution is 2.17. The zero-order chi connectivity index (χ0) is 21.5. The lowest BCUT2D eigenvalue weighted by atomic mass is 10.2. The second kappa shape index (κ2) is 10.2. The van der Waals surface area contributed by atoms with Crippen LogP contribution in [0.5, 0.6) is 11.5 Å². The highest BCUT2D eigenvalue weighted by Gasteiger charge is 2.23. The molecule has 1 saturated heterocycles. The number of furan rings is 1. The van der Waals surface area contributed by atoms with Gasteiger partial charge >= 0.3 is 0 Å². The number of rotatable bonds is 7. The van der Waals surface area contributed by atoms with E-state index in [1.807, 2.05) is 53.4 Å². The van der Waals surface area contributed by atoms with Crippen LogP contribution in [0.3, 0.4) is 0 Å². The SMILES string of the molecule is COc1ccc(CN2CCCN(C(=O)c3ccc(COc4ccccc4)o3)CC2)cc1. The lowest BCUT2D eigenvalue weighted by molar-refractivity contribution is 0.0725. The average molecular weight is 421 g/mol. The summed E-state index contributed by atoms with van der Waals surface area (Å²) in [6.45, 7) is 4.38. The summed E-state index contributed by atoms with van der Waals surface area (Å²) < 4.78 is 16.7. The molecule has 2 aromatic carbocycles. The first kappa shape index (κ1) is 21.0. The van der Waals surface area contributed by atoms with Crippen LogP contribution in [-0.4, -0.2) is 49.0 Å². The van der Waals surface area contributed by atoms with Crippen LogP contribution in [0.1, 0.15) is 28.3 Å². The normalized spacial score (nSPS) is 14.8. The van der Waals surface area contributed by atoms with Crippen LogP contribution < -0.4 is 9.47 Å². The van der Waals surface area contributed by atoms with E-state index in [0.717, 1.165) is 44.1 Å². The van der Waals surface area contributed by atoms with Crippen molar-refractivity contribution in [2.24, 2.45) is 0 Å². The number of ether oxygens (including phenoxy) is 2. The number of hydrogen-bond donors (Lipinski definition) is 0. The van der Waals surface area contributed by atoms with Crippen molar-refractivity contribution < 1.29 is 18.7 Å². The number of methoxy groups -OCH3 is 1. The highest BCUT2D eigenvalue weighted by atomic mass is 16.5. The molecule has 1 aliphatic rings. The summed E-state index contributed by atoms with van der Waals surface area (Å²) in [6, 6.07) is 21.3. The quantitative estimate of drug-likeness (QED) is 0.573. The molecule has 6 heteroatoms. The molecule has 0 unspecified atom stereocenters. The van der Waals surface area contributed by atoms with Crippen molar-refractivity contribution in [3.8, 4) is 11.5 Å². The van der Waals surface area contributed by atoms with E-state index in [1.54, 1.807) is 13.2 Å². The van der Waals surface area contributed by atoms with E-state index < -0.39 is 0 Å². The molecular formula is C25H28N2O4. The van der Waals surface area contributed by atoms with Crippen molar-refractivity contribution in [2.45, 2.75) is 19.6 Å². The Labute approximate surface area is 183 Å². The Morgan fingerprint density at radius 1 is 0.903 bits per heavy atom. The summed E-state index contributed by atoms with van der Waals surface area (Å²) in [5, 5.41) is 0. The predicted octanol–water partition coefficient (Wildman–Crippen LogP) is 4.22. The van der Waals surface area contributed by atoms with Crippen molar-refractivity contribution in [1.29, 1.82) is 0 Å². The second-order valence-electron chi connectivity index (χ2n) is 7.64. The fourth-order valence-corrected chi connectivity index (χ4v) is 3.72. The van der Waals surface area contributed by atoms with Crippen molar-refractivity contribution in [2.75, 3.05) is 33.3 Å². The summed E-state index contributed by atoms with van der Waals surface area (Å²) in [7, 11) is 1.67. The Balaban J connectivity index is 1.29. The molecule has 1 fully saturated rings. The van der Waals surface area contributed by atoms with Crippen LogP contribution in [0.25, 0.3) is 0 Å².